The number of carbonyl (C=O) groups excluding carboxylic acids is 2. The van der Waals surface area contributed by atoms with Gasteiger partial charge in [0.2, 0.25) is 5.88 Å². The number of aromatic nitrogens is 10. The summed E-state index contributed by atoms with van der Waals surface area (Å²) < 4.78 is 33.6. The lowest BCUT2D eigenvalue weighted by Crippen LogP contribution is -2.27. The standard InChI is InChI=1S/C49H48N12O7/c1-59(2)15-4-14-50-47(62)32-10-13-45-31(20-32)9-11-38-34-22-41(51-26-42(34)57-56-38)37-25-54-61(48(37)68-17-5-16-66-45)29-60-44-27-52-40-23-35(44)39(58-60)12-8-30-6-7-33(49(63)64-3)21-46(30)67-19-18-65-28-43-36(40)24-53-55-43/h6-13,20-27H,4-5,14-19,28-29H2,1-3H3,(H,50,62)(H,53,55)(H,56,57)/b11-9+,12-8+. The second-order valence-corrected chi connectivity index (χ2v) is 16.5. The molecule has 0 aliphatic carbocycles. The van der Waals surface area contributed by atoms with Gasteiger partial charge in [0.15, 0.2) is 0 Å². The topological polar surface area (TPSA) is 214 Å². The minimum Gasteiger partial charge on any atom is -0.493 e. The van der Waals surface area contributed by atoms with Crippen molar-refractivity contribution in [3.8, 4) is 39.9 Å². The highest BCUT2D eigenvalue weighted by molar-refractivity contribution is 5.97. The maximum Gasteiger partial charge on any atom is 0.337 e. The first-order valence-corrected chi connectivity index (χ1v) is 22.2. The smallest absolute Gasteiger partial charge is 0.337 e. The molecule has 1 amide bonds. The number of esters is 1. The van der Waals surface area contributed by atoms with Crippen molar-refractivity contribution in [1.29, 1.82) is 0 Å². The molecule has 0 unspecified atom stereocenters. The molecule has 10 rings (SSSR count). The van der Waals surface area contributed by atoms with Gasteiger partial charge >= 0.3 is 5.97 Å². The number of ether oxygens (including phenoxy) is 5. The molecule has 68 heavy (non-hydrogen) atoms. The fraction of sp³-hybridized carbons (Fsp3) is 0.265. The van der Waals surface area contributed by atoms with Gasteiger partial charge in [-0.05, 0) is 93.8 Å². The molecule has 19 heteroatoms. The van der Waals surface area contributed by atoms with E-state index >= 15 is 0 Å². The van der Waals surface area contributed by atoms with E-state index in [1.165, 1.54) is 7.11 Å². The van der Waals surface area contributed by atoms with E-state index in [0.29, 0.717) is 89.6 Å². The summed E-state index contributed by atoms with van der Waals surface area (Å²) in [6.45, 7) is 3.03. The molecule has 0 saturated heterocycles. The van der Waals surface area contributed by atoms with Crippen LogP contribution in [0.2, 0.25) is 0 Å². The van der Waals surface area contributed by atoms with Gasteiger partial charge in [0.25, 0.3) is 5.91 Å². The number of hydrogen-bond donors (Lipinski definition) is 3. The van der Waals surface area contributed by atoms with Crippen molar-refractivity contribution in [3.63, 3.8) is 0 Å². The van der Waals surface area contributed by atoms with Crippen molar-refractivity contribution in [3.05, 3.63) is 113 Å². The molecule has 0 atom stereocenters. The Bertz CT molecular complexity index is 3220. The van der Waals surface area contributed by atoms with Gasteiger partial charge in [-0.15, -0.1) is 0 Å². The van der Waals surface area contributed by atoms with Crippen LogP contribution in [0.1, 0.15) is 61.8 Å². The Balaban J connectivity index is 0.991. The predicted octanol–water partition coefficient (Wildman–Crippen LogP) is 6.34. The quantitative estimate of drug-likeness (QED) is 0.112. The number of rotatable bonds is 8. The molecule has 346 valence electrons. The van der Waals surface area contributed by atoms with E-state index in [4.69, 9.17) is 43.8 Å². The molecule has 3 N–H and O–H groups in total. The zero-order chi connectivity index (χ0) is 46.6. The summed E-state index contributed by atoms with van der Waals surface area (Å²) in [5.74, 6) is 0.989. The summed E-state index contributed by atoms with van der Waals surface area (Å²) in [5.41, 5.74) is 8.76. The first-order valence-electron chi connectivity index (χ1n) is 22.2. The van der Waals surface area contributed by atoms with Crippen LogP contribution in [0.3, 0.4) is 0 Å². The van der Waals surface area contributed by atoms with E-state index in [9.17, 15) is 9.59 Å². The molecular weight excluding hydrogens is 869 g/mol. The molecule has 8 heterocycles. The van der Waals surface area contributed by atoms with Crippen LogP contribution >= 0.6 is 0 Å². The number of nitrogens with one attached hydrogen (secondary N) is 3. The van der Waals surface area contributed by atoms with Gasteiger partial charge < -0.3 is 33.9 Å². The van der Waals surface area contributed by atoms with Crippen LogP contribution in [0.25, 0.3) is 68.6 Å². The summed E-state index contributed by atoms with van der Waals surface area (Å²) >= 11 is 0. The summed E-state index contributed by atoms with van der Waals surface area (Å²) in [5, 5.41) is 29.7. The average Bonchev–Trinajstić information content (AvgIpc) is 4.16. The van der Waals surface area contributed by atoms with Gasteiger partial charge in [0, 0.05) is 46.0 Å². The van der Waals surface area contributed by atoms with E-state index in [2.05, 4.69) is 30.6 Å². The third-order valence-corrected chi connectivity index (χ3v) is 11.6. The third kappa shape index (κ3) is 9.16. The van der Waals surface area contributed by atoms with Gasteiger partial charge in [-0.3, -0.25) is 25.0 Å². The molecule has 2 aliphatic heterocycles. The van der Waals surface area contributed by atoms with Gasteiger partial charge in [0.05, 0.1) is 109 Å². The van der Waals surface area contributed by atoms with E-state index in [0.717, 1.165) is 57.2 Å². The van der Waals surface area contributed by atoms with Crippen LogP contribution < -0.4 is 19.5 Å². The molecule has 6 aromatic heterocycles. The van der Waals surface area contributed by atoms with Crippen molar-refractivity contribution in [1.82, 2.24) is 60.1 Å². The highest BCUT2D eigenvalue weighted by Gasteiger charge is 2.22. The number of pyridine rings is 2. The maximum atomic E-state index is 13.2. The zero-order valence-corrected chi connectivity index (χ0v) is 37.7. The van der Waals surface area contributed by atoms with Crippen LogP contribution in [-0.2, 0) is 22.7 Å². The Morgan fingerprint density at radius 3 is 2.49 bits per heavy atom. The second kappa shape index (κ2) is 19.4. The summed E-state index contributed by atoms with van der Waals surface area (Å²) in [6.07, 6.45) is 16.0. The van der Waals surface area contributed by atoms with Crippen LogP contribution in [0, 0.1) is 0 Å². The Hall–Kier alpha value is -8.16. The molecule has 0 radical (unpaired) electrons. The Kier molecular flexibility index (Phi) is 12.4. The Morgan fingerprint density at radius 1 is 0.779 bits per heavy atom. The fourth-order valence-electron chi connectivity index (χ4n) is 8.08. The van der Waals surface area contributed by atoms with Crippen LogP contribution in [0.4, 0.5) is 0 Å². The van der Waals surface area contributed by atoms with Crippen molar-refractivity contribution < 1.29 is 33.3 Å². The number of H-pyrrole nitrogens is 2. The van der Waals surface area contributed by atoms with Gasteiger partial charge in [0.1, 0.15) is 24.8 Å². The number of nitrogens with zero attached hydrogens (tertiary/aromatic N) is 9. The minimum absolute atomic E-state index is 0.147. The van der Waals surface area contributed by atoms with E-state index in [1.54, 1.807) is 47.7 Å². The van der Waals surface area contributed by atoms with E-state index in [1.807, 2.05) is 73.4 Å². The number of methoxy groups -OCH3 is 1. The monoisotopic (exact) mass is 916 g/mol. The molecule has 2 aliphatic rings. The van der Waals surface area contributed by atoms with E-state index < -0.39 is 5.97 Å². The van der Waals surface area contributed by atoms with Gasteiger partial charge in [-0.2, -0.15) is 20.4 Å². The Morgan fingerprint density at radius 2 is 1.59 bits per heavy atom. The lowest BCUT2D eigenvalue weighted by atomic mass is 10.1. The third-order valence-electron chi connectivity index (χ3n) is 11.6. The lowest BCUT2D eigenvalue weighted by Gasteiger charge is -2.14. The molecule has 4 bridgehead atoms. The van der Waals surface area contributed by atoms with Crippen molar-refractivity contribution >= 4 is 58.0 Å². The molecule has 8 aromatic rings. The summed E-state index contributed by atoms with van der Waals surface area (Å²) in [7, 11) is 5.36. The van der Waals surface area contributed by atoms with E-state index in [-0.39, 0.29) is 25.8 Å². The van der Waals surface area contributed by atoms with Crippen molar-refractivity contribution in [2.45, 2.75) is 26.1 Å². The molecule has 0 spiro atoms. The highest BCUT2D eigenvalue weighted by atomic mass is 16.5. The largest absolute Gasteiger partial charge is 0.493 e. The van der Waals surface area contributed by atoms with Crippen molar-refractivity contribution in [2.75, 3.05) is 60.7 Å². The maximum absolute atomic E-state index is 13.2. The summed E-state index contributed by atoms with van der Waals surface area (Å²) in [4.78, 5) is 37.4. The normalized spacial score (nSPS) is 14.8. The number of benzene rings is 2. The predicted molar refractivity (Wildman–Crippen MR) is 254 cm³/mol. The average molecular weight is 917 g/mol. The fourth-order valence-corrected chi connectivity index (χ4v) is 8.08. The molecule has 19 nitrogen and oxygen atoms in total. The zero-order valence-electron chi connectivity index (χ0n) is 37.7. The minimum atomic E-state index is -0.471. The number of carbonyl (C=O) groups is 2. The number of aromatic amines is 2. The van der Waals surface area contributed by atoms with Crippen LogP contribution in [0.5, 0.6) is 17.4 Å². The second-order valence-electron chi connectivity index (χ2n) is 16.5. The molecule has 0 saturated carbocycles. The highest BCUT2D eigenvalue weighted by Crippen LogP contribution is 2.34. The van der Waals surface area contributed by atoms with Crippen molar-refractivity contribution in [2.24, 2.45) is 0 Å². The van der Waals surface area contributed by atoms with Crippen LogP contribution in [-0.4, -0.2) is 127 Å². The number of amides is 1. The first-order chi connectivity index (χ1) is 33.3. The number of fused-ring (bicyclic) bond motifs is 8. The van der Waals surface area contributed by atoms with Gasteiger partial charge in [-0.1, -0.05) is 6.07 Å². The number of hydrogen-bond acceptors (Lipinski definition) is 14. The Labute approximate surface area is 389 Å². The first kappa shape index (κ1) is 43.7. The molecule has 2 aromatic carbocycles. The SMILES string of the molecule is COC(=O)c1ccc2c(c1)OCCOCc1[nH]ncc1-c1cc3c(nn(Cn4ncc5c4OCCCOc4ccc(C(=O)NCCCN(C)C)cc4/C=C/c4n[nH]c6cnc-5cc46)c3cn1)/C=C/2. The van der Waals surface area contributed by atoms with Crippen LogP contribution in [0.15, 0.2) is 73.3 Å². The molecular formula is C49H48N12O7. The lowest BCUT2D eigenvalue weighted by molar-refractivity contribution is 0.0599. The molecule has 0 fully saturated rings. The summed E-state index contributed by atoms with van der Waals surface area (Å²) in [6, 6.07) is 14.6. The van der Waals surface area contributed by atoms with Gasteiger partial charge in [-0.25, -0.2) is 14.2 Å².